The van der Waals surface area contributed by atoms with E-state index < -0.39 is 10.0 Å². The van der Waals surface area contributed by atoms with Crippen molar-refractivity contribution < 1.29 is 17.9 Å². The van der Waals surface area contributed by atoms with Gasteiger partial charge in [-0.2, -0.15) is 4.31 Å². The lowest BCUT2D eigenvalue weighted by molar-refractivity contribution is -0.0545. The molecule has 1 aromatic carbocycles. The van der Waals surface area contributed by atoms with Gasteiger partial charge in [0, 0.05) is 32.7 Å². The molecular formula is C19H29N3O4S. The second-order valence-electron chi connectivity index (χ2n) is 7.43. The number of nitrogens with one attached hydrogen (secondary N) is 1. The standard InChI is InChI=1S/C19H29N3O4S/c1-15-13-21(14-16(2)26-15)19(23)20-12-17-6-8-18(9-7-17)27(24,25)22-10-4-3-5-11-22/h6-9,15-16H,3-5,10-14H2,1-2H3,(H,20,23). The van der Waals surface area contributed by atoms with Crippen LogP contribution in [0, 0.1) is 0 Å². The lowest BCUT2D eigenvalue weighted by Gasteiger charge is -2.35. The number of sulfonamides is 1. The zero-order valence-corrected chi connectivity index (χ0v) is 16.9. The number of carbonyl (C=O) groups excluding carboxylic acids is 1. The van der Waals surface area contributed by atoms with Crippen molar-refractivity contribution in [2.75, 3.05) is 26.2 Å². The summed E-state index contributed by atoms with van der Waals surface area (Å²) in [4.78, 5) is 14.4. The molecule has 2 amide bonds. The van der Waals surface area contributed by atoms with Crippen molar-refractivity contribution in [3.8, 4) is 0 Å². The predicted molar refractivity (Wildman–Crippen MR) is 103 cm³/mol. The number of carbonyl (C=O) groups is 1. The molecule has 2 aliphatic rings. The van der Waals surface area contributed by atoms with Crippen molar-refractivity contribution in [2.45, 2.75) is 56.8 Å². The number of rotatable bonds is 4. The molecule has 2 saturated heterocycles. The van der Waals surface area contributed by atoms with Crippen LogP contribution in [0.25, 0.3) is 0 Å². The molecule has 0 spiro atoms. The predicted octanol–water partition coefficient (Wildman–Crippen LogP) is 2.18. The Morgan fingerprint density at radius 1 is 1.07 bits per heavy atom. The maximum Gasteiger partial charge on any atom is 0.317 e. The smallest absolute Gasteiger partial charge is 0.317 e. The molecule has 7 nitrogen and oxygen atoms in total. The highest BCUT2D eigenvalue weighted by molar-refractivity contribution is 7.89. The van der Waals surface area contributed by atoms with Gasteiger partial charge in [0.05, 0.1) is 17.1 Å². The Labute approximate surface area is 161 Å². The minimum atomic E-state index is -3.42. The van der Waals surface area contributed by atoms with Crippen LogP contribution in [0.15, 0.2) is 29.2 Å². The molecule has 1 aromatic rings. The van der Waals surface area contributed by atoms with Crippen molar-refractivity contribution in [1.82, 2.24) is 14.5 Å². The van der Waals surface area contributed by atoms with Gasteiger partial charge in [-0.05, 0) is 44.4 Å². The molecule has 2 heterocycles. The third-order valence-electron chi connectivity index (χ3n) is 5.03. The molecule has 2 atom stereocenters. The van der Waals surface area contributed by atoms with Crippen LogP contribution < -0.4 is 5.32 Å². The minimum absolute atomic E-state index is 0.0266. The SMILES string of the molecule is CC1CN(C(=O)NCc2ccc(S(=O)(=O)N3CCCCC3)cc2)CC(C)O1. The number of urea groups is 1. The number of ether oxygens (including phenoxy) is 1. The Hall–Kier alpha value is -1.64. The van der Waals surface area contributed by atoms with Crippen molar-refractivity contribution in [2.24, 2.45) is 0 Å². The lowest BCUT2D eigenvalue weighted by atomic mass is 10.2. The molecule has 1 N–H and O–H groups in total. The van der Waals surface area contributed by atoms with Gasteiger partial charge in [-0.15, -0.1) is 0 Å². The molecule has 0 aromatic heterocycles. The first-order valence-electron chi connectivity index (χ1n) is 9.63. The van der Waals surface area contributed by atoms with Gasteiger partial charge in [-0.3, -0.25) is 0 Å². The molecule has 0 aliphatic carbocycles. The average molecular weight is 396 g/mol. The van der Waals surface area contributed by atoms with Gasteiger partial charge < -0.3 is 15.0 Å². The van der Waals surface area contributed by atoms with Crippen molar-refractivity contribution in [1.29, 1.82) is 0 Å². The van der Waals surface area contributed by atoms with Gasteiger partial charge in [0.2, 0.25) is 10.0 Å². The Morgan fingerprint density at radius 3 is 2.26 bits per heavy atom. The summed E-state index contributed by atoms with van der Waals surface area (Å²) in [7, 11) is -3.42. The van der Waals surface area contributed by atoms with Crippen LogP contribution >= 0.6 is 0 Å². The van der Waals surface area contributed by atoms with Gasteiger partial charge in [-0.1, -0.05) is 18.6 Å². The third kappa shape index (κ3) is 5.00. The Balaban J connectivity index is 1.57. The minimum Gasteiger partial charge on any atom is -0.372 e. The summed E-state index contributed by atoms with van der Waals surface area (Å²) in [5, 5.41) is 2.90. The monoisotopic (exact) mass is 395 g/mol. The zero-order valence-electron chi connectivity index (χ0n) is 16.1. The summed E-state index contributed by atoms with van der Waals surface area (Å²) in [6.07, 6.45) is 2.98. The van der Waals surface area contributed by atoms with E-state index in [2.05, 4.69) is 5.32 Å². The van der Waals surface area contributed by atoms with Gasteiger partial charge in [0.1, 0.15) is 0 Å². The largest absolute Gasteiger partial charge is 0.372 e. The first-order chi connectivity index (χ1) is 12.9. The number of amides is 2. The maximum atomic E-state index is 12.7. The first kappa shape index (κ1) is 20.1. The number of hydrogen-bond acceptors (Lipinski definition) is 4. The fourth-order valence-electron chi connectivity index (χ4n) is 3.67. The Kier molecular flexibility index (Phi) is 6.39. The van der Waals surface area contributed by atoms with E-state index in [1.165, 1.54) is 0 Å². The van der Waals surface area contributed by atoms with Crippen molar-refractivity contribution >= 4 is 16.1 Å². The molecule has 8 heteroatoms. The maximum absolute atomic E-state index is 12.7. The number of morpholine rings is 1. The van der Waals surface area contributed by atoms with Crippen LogP contribution in [0.4, 0.5) is 4.79 Å². The van der Waals surface area contributed by atoms with Gasteiger partial charge in [-0.25, -0.2) is 13.2 Å². The fraction of sp³-hybridized carbons (Fsp3) is 0.632. The molecule has 2 fully saturated rings. The van der Waals surface area contributed by atoms with E-state index in [-0.39, 0.29) is 18.2 Å². The van der Waals surface area contributed by atoms with Gasteiger partial charge in [0.25, 0.3) is 0 Å². The number of piperidine rings is 1. The van der Waals surface area contributed by atoms with Crippen LogP contribution in [0.5, 0.6) is 0 Å². The zero-order chi connectivity index (χ0) is 19.4. The quantitative estimate of drug-likeness (QED) is 0.848. The highest BCUT2D eigenvalue weighted by Gasteiger charge is 2.27. The Morgan fingerprint density at radius 2 is 1.67 bits per heavy atom. The van der Waals surface area contributed by atoms with Crippen LogP contribution in [-0.4, -0.2) is 62.0 Å². The van der Waals surface area contributed by atoms with E-state index in [9.17, 15) is 13.2 Å². The number of benzene rings is 1. The van der Waals surface area contributed by atoms with E-state index in [1.807, 2.05) is 13.8 Å². The van der Waals surface area contributed by atoms with Crippen LogP contribution in [0.2, 0.25) is 0 Å². The van der Waals surface area contributed by atoms with Crippen LogP contribution in [0.3, 0.4) is 0 Å². The molecule has 2 unspecified atom stereocenters. The summed E-state index contributed by atoms with van der Waals surface area (Å²) < 4.78 is 32.5. The second-order valence-corrected chi connectivity index (χ2v) is 9.37. The summed E-state index contributed by atoms with van der Waals surface area (Å²) >= 11 is 0. The summed E-state index contributed by atoms with van der Waals surface area (Å²) in [6, 6.07) is 6.67. The van der Waals surface area contributed by atoms with Gasteiger partial charge in [0.15, 0.2) is 0 Å². The summed E-state index contributed by atoms with van der Waals surface area (Å²) in [5.41, 5.74) is 0.871. The van der Waals surface area contributed by atoms with Crippen LogP contribution in [-0.2, 0) is 21.3 Å². The van der Waals surface area contributed by atoms with E-state index in [0.717, 1.165) is 24.8 Å². The number of hydrogen-bond donors (Lipinski definition) is 1. The normalized spacial score (nSPS) is 24.6. The first-order valence-corrected chi connectivity index (χ1v) is 11.1. The number of nitrogens with zero attached hydrogens (tertiary/aromatic N) is 2. The second kappa shape index (κ2) is 8.58. The molecule has 3 rings (SSSR count). The van der Waals surface area contributed by atoms with E-state index in [4.69, 9.17) is 4.74 Å². The molecule has 0 radical (unpaired) electrons. The summed E-state index contributed by atoms with van der Waals surface area (Å²) in [5.74, 6) is 0. The average Bonchev–Trinajstić information content (AvgIpc) is 2.66. The highest BCUT2D eigenvalue weighted by Crippen LogP contribution is 2.21. The van der Waals surface area contributed by atoms with E-state index in [1.54, 1.807) is 33.5 Å². The topological polar surface area (TPSA) is 79.0 Å². The molecule has 0 bridgehead atoms. The van der Waals surface area contributed by atoms with Gasteiger partial charge >= 0.3 is 6.03 Å². The van der Waals surface area contributed by atoms with E-state index >= 15 is 0 Å². The highest BCUT2D eigenvalue weighted by atomic mass is 32.2. The molecule has 0 saturated carbocycles. The van der Waals surface area contributed by atoms with Crippen molar-refractivity contribution in [3.63, 3.8) is 0 Å². The molecular weight excluding hydrogens is 366 g/mol. The lowest BCUT2D eigenvalue weighted by Crippen LogP contribution is -2.51. The van der Waals surface area contributed by atoms with Crippen molar-refractivity contribution in [3.05, 3.63) is 29.8 Å². The van der Waals surface area contributed by atoms with E-state index in [0.29, 0.717) is 37.6 Å². The fourth-order valence-corrected chi connectivity index (χ4v) is 5.18. The van der Waals surface area contributed by atoms with Crippen LogP contribution in [0.1, 0.15) is 38.7 Å². The molecule has 2 aliphatic heterocycles. The summed E-state index contributed by atoms with van der Waals surface area (Å²) in [6.45, 7) is 6.61. The molecule has 150 valence electrons. The third-order valence-corrected chi connectivity index (χ3v) is 6.94. The molecule has 27 heavy (non-hydrogen) atoms. The Bertz CT molecular complexity index is 735.